The Kier molecular flexibility index (Phi) is 4.75. The van der Waals surface area contributed by atoms with Gasteiger partial charge in [0.15, 0.2) is 6.04 Å². The molecule has 0 bridgehead atoms. The lowest BCUT2D eigenvalue weighted by Crippen LogP contribution is -2.51. The molecule has 0 spiro atoms. The normalized spacial score (nSPS) is 22.7. The molecule has 0 radical (unpaired) electrons. The highest BCUT2D eigenvalue weighted by molar-refractivity contribution is 5.91. The fraction of sp³-hybridized carbons (Fsp3) is 0.769. The number of carboxylic acid groups (broad SMARTS) is 1. The number of ether oxygens (including phenoxy) is 1. The van der Waals surface area contributed by atoms with Gasteiger partial charge in [-0.05, 0) is 27.7 Å². The molecule has 0 aromatic rings. The number of carbonyl (C=O) groups is 3. The average molecular weight is 286 g/mol. The van der Waals surface area contributed by atoms with Crippen molar-refractivity contribution in [3.05, 3.63) is 0 Å². The van der Waals surface area contributed by atoms with Crippen molar-refractivity contribution in [3.8, 4) is 0 Å². The number of amides is 2. The van der Waals surface area contributed by atoms with Crippen LogP contribution in [0.1, 0.15) is 34.1 Å². The zero-order valence-electron chi connectivity index (χ0n) is 12.3. The first-order valence-electron chi connectivity index (χ1n) is 6.52. The molecule has 1 aliphatic heterocycles. The van der Waals surface area contributed by atoms with Crippen LogP contribution in [0.15, 0.2) is 0 Å². The van der Waals surface area contributed by atoms with Gasteiger partial charge in [-0.15, -0.1) is 0 Å². The molecular formula is C13H22N2O5. The van der Waals surface area contributed by atoms with Crippen LogP contribution in [0.2, 0.25) is 0 Å². The highest BCUT2D eigenvalue weighted by atomic mass is 16.5. The van der Waals surface area contributed by atoms with Gasteiger partial charge < -0.3 is 20.5 Å². The van der Waals surface area contributed by atoms with Crippen LogP contribution in [0.5, 0.6) is 0 Å². The lowest BCUT2D eigenvalue weighted by Gasteiger charge is -2.33. The van der Waals surface area contributed by atoms with Crippen LogP contribution in [0.4, 0.5) is 0 Å². The second kappa shape index (κ2) is 5.78. The van der Waals surface area contributed by atoms with E-state index in [4.69, 9.17) is 10.5 Å². The summed E-state index contributed by atoms with van der Waals surface area (Å²) in [4.78, 5) is 35.7. The molecule has 7 heteroatoms. The zero-order chi connectivity index (χ0) is 15.7. The molecule has 1 heterocycles. The lowest BCUT2D eigenvalue weighted by molar-refractivity contribution is -0.160. The highest BCUT2D eigenvalue weighted by Crippen LogP contribution is 2.24. The molecule has 1 saturated heterocycles. The number of carboxylic acids is 1. The van der Waals surface area contributed by atoms with E-state index < -0.39 is 35.5 Å². The summed E-state index contributed by atoms with van der Waals surface area (Å²) in [5.74, 6) is -2.76. The SMILES string of the molecule is C[C@H](OC(C)(C)C)[C@H](C(=O)O)N1CC(C(N)=O)CC1=O. The quantitative estimate of drug-likeness (QED) is 0.738. The van der Waals surface area contributed by atoms with Crippen LogP contribution >= 0.6 is 0 Å². The fourth-order valence-electron chi connectivity index (χ4n) is 2.40. The van der Waals surface area contributed by atoms with Gasteiger partial charge in [-0.3, -0.25) is 9.59 Å². The number of hydrogen-bond acceptors (Lipinski definition) is 4. The number of hydrogen-bond donors (Lipinski definition) is 2. The predicted molar refractivity (Wildman–Crippen MR) is 70.7 cm³/mol. The summed E-state index contributed by atoms with van der Waals surface area (Å²) in [6, 6.07) is -1.12. The molecule has 114 valence electrons. The second-order valence-corrected chi connectivity index (χ2v) is 6.07. The average Bonchev–Trinajstić information content (AvgIpc) is 2.57. The molecule has 3 atom stereocenters. The molecule has 2 amide bonds. The van der Waals surface area contributed by atoms with E-state index in [1.807, 2.05) is 0 Å². The van der Waals surface area contributed by atoms with Crippen LogP contribution in [0.3, 0.4) is 0 Å². The Morgan fingerprint density at radius 2 is 2.00 bits per heavy atom. The molecular weight excluding hydrogens is 264 g/mol. The molecule has 1 fully saturated rings. The van der Waals surface area contributed by atoms with Gasteiger partial charge >= 0.3 is 5.97 Å². The van der Waals surface area contributed by atoms with Gasteiger partial charge in [0, 0.05) is 13.0 Å². The Morgan fingerprint density at radius 3 is 2.35 bits per heavy atom. The molecule has 0 aromatic heterocycles. The second-order valence-electron chi connectivity index (χ2n) is 6.07. The van der Waals surface area contributed by atoms with E-state index in [1.54, 1.807) is 27.7 Å². The topological polar surface area (TPSA) is 110 Å². The number of nitrogens with zero attached hydrogens (tertiary/aromatic N) is 1. The Labute approximate surface area is 118 Å². The van der Waals surface area contributed by atoms with Crippen molar-refractivity contribution < 1.29 is 24.2 Å². The maximum atomic E-state index is 11.9. The van der Waals surface area contributed by atoms with Gasteiger partial charge in [0.2, 0.25) is 11.8 Å². The van der Waals surface area contributed by atoms with Crippen LogP contribution in [-0.2, 0) is 19.1 Å². The Bertz CT molecular complexity index is 415. The third kappa shape index (κ3) is 3.93. The van der Waals surface area contributed by atoms with E-state index in [0.717, 1.165) is 0 Å². The molecule has 20 heavy (non-hydrogen) atoms. The minimum absolute atomic E-state index is 0.0307. The number of likely N-dealkylation sites (tertiary alicyclic amines) is 1. The van der Waals surface area contributed by atoms with E-state index in [9.17, 15) is 19.5 Å². The summed E-state index contributed by atoms with van der Waals surface area (Å²) in [6.07, 6.45) is -0.732. The fourth-order valence-corrected chi connectivity index (χ4v) is 2.40. The van der Waals surface area contributed by atoms with Crippen LogP contribution in [0.25, 0.3) is 0 Å². The van der Waals surface area contributed by atoms with Crippen molar-refractivity contribution in [3.63, 3.8) is 0 Å². The zero-order valence-corrected chi connectivity index (χ0v) is 12.3. The summed E-state index contributed by atoms with van der Waals surface area (Å²) in [5, 5.41) is 9.35. The minimum atomic E-state index is -1.15. The maximum Gasteiger partial charge on any atom is 0.329 e. The monoisotopic (exact) mass is 286 g/mol. The van der Waals surface area contributed by atoms with Crippen molar-refractivity contribution in [1.29, 1.82) is 0 Å². The van der Waals surface area contributed by atoms with Crippen molar-refractivity contribution in [1.82, 2.24) is 4.90 Å². The molecule has 0 aliphatic carbocycles. The van der Waals surface area contributed by atoms with Gasteiger partial charge in [-0.2, -0.15) is 0 Å². The summed E-state index contributed by atoms with van der Waals surface area (Å²) in [7, 11) is 0. The molecule has 0 aromatic carbocycles. The molecule has 3 N–H and O–H groups in total. The summed E-state index contributed by atoms with van der Waals surface area (Å²) < 4.78 is 5.63. The molecule has 1 unspecified atom stereocenters. The van der Waals surface area contributed by atoms with Crippen molar-refractivity contribution >= 4 is 17.8 Å². The molecule has 7 nitrogen and oxygen atoms in total. The minimum Gasteiger partial charge on any atom is -0.480 e. The molecule has 0 saturated carbocycles. The van der Waals surface area contributed by atoms with Crippen LogP contribution in [-0.4, -0.2) is 52.1 Å². The third-order valence-corrected chi connectivity index (χ3v) is 3.13. The molecule has 1 aliphatic rings. The Hall–Kier alpha value is -1.63. The Morgan fingerprint density at radius 1 is 1.45 bits per heavy atom. The van der Waals surface area contributed by atoms with Crippen molar-refractivity contribution in [2.75, 3.05) is 6.54 Å². The lowest BCUT2D eigenvalue weighted by atomic mass is 10.1. The maximum absolute atomic E-state index is 11.9. The number of aliphatic carboxylic acids is 1. The standard InChI is InChI=1S/C13H22N2O5/c1-7(20-13(2,3)4)10(12(18)19)15-6-8(11(14)17)5-9(15)16/h7-8,10H,5-6H2,1-4H3,(H2,14,17)(H,18,19)/t7-,8?,10+/m0/s1. The van der Waals surface area contributed by atoms with E-state index in [2.05, 4.69) is 0 Å². The summed E-state index contributed by atoms with van der Waals surface area (Å²) in [6.45, 7) is 7.05. The van der Waals surface area contributed by atoms with Gasteiger partial charge in [-0.1, -0.05) is 0 Å². The Balaban J connectivity index is 2.89. The first-order chi connectivity index (χ1) is 9.03. The first kappa shape index (κ1) is 16.4. The van der Waals surface area contributed by atoms with E-state index >= 15 is 0 Å². The van der Waals surface area contributed by atoms with Gasteiger partial charge in [0.25, 0.3) is 0 Å². The van der Waals surface area contributed by atoms with Crippen LogP contribution in [0, 0.1) is 5.92 Å². The first-order valence-corrected chi connectivity index (χ1v) is 6.52. The number of rotatable bonds is 5. The van der Waals surface area contributed by atoms with Crippen molar-refractivity contribution in [2.24, 2.45) is 11.7 Å². The smallest absolute Gasteiger partial charge is 0.329 e. The van der Waals surface area contributed by atoms with E-state index in [-0.39, 0.29) is 18.9 Å². The third-order valence-electron chi connectivity index (χ3n) is 3.13. The van der Waals surface area contributed by atoms with E-state index in [0.29, 0.717) is 0 Å². The summed E-state index contributed by atoms with van der Waals surface area (Å²) >= 11 is 0. The van der Waals surface area contributed by atoms with Gasteiger partial charge in [0.05, 0.1) is 17.6 Å². The van der Waals surface area contributed by atoms with E-state index in [1.165, 1.54) is 4.90 Å². The predicted octanol–water partition coefficient (Wildman–Crippen LogP) is -0.0230. The number of nitrogens with two attached hydrogens (primary N) is 1. The van der Waals surface area contributed by atoms with Gasteiger partial charge in [-0.25, -0.2) is 4.79 Å². The number of primary amides is 1. The van der Waals surface area contributed by atoms with Gasteiger partial charge in [0.1, 0.15) is 0 Å². The van der Waals surface area contributed by atoms with Crippen LogP contribution < -0.4 is 5.73 Å². The highest BCUT2D eigenvalue weighted by Gasteiger charge is 2.43. The molecule has 1 rings (SSSR count). The number of carbonyl (C=O) groups excluding carboxylic acids is 2. The van der Waals surface area contributed by atoms with Crippen molar-refractivity contribution in [2.45, 2.75) is 51.9 Å². The summed E-state index contributed by atoms with van der Waals surface area (Å²) in [5.41, 5.74) is 4.65. The largest absolute Gasteiger partial charge is 0.480 e.